The number of methoxy groups -OCH3 is 1. The van der Waals surface area contributed by atoms with Crippen LogP contribution in [0.4, 0.5) is 10.1 Å². The molecule has 0 radical (unpaired) electrons. The van der Waals surface area contributed by atoms with Crippen molar-refractivity contribution in [3.05, 3.63) is 76.2 Å². The number of nitrogens with one attached hydrogen (secondary N) is 3. The molecule has 4 N–H and O–H groups in total. The number of aryl methyl sites for hydroxylation is 1. The SMILES string of the molecule is CCC(CC[NH+](CC(=O)O)CC1CNC1)C(=O)N1CCN(C(=O)c2ccc(NC(=O)c3ncc(-c4ccc(-c5cnn(CCOC)c5C)c(F)c4Cl)n3C)cc2C)CC1. The Bertz CT molecular complexity index is 2180. The Morgan fingerprint density at radius 1 is 1.05 bits per heavy atom. The molecule has 59 heavy (non-hydrogen) atoms. The highest BCUT2D eigenvalue weighted by Gasteiger charge is 2.31. The molecule has 3 amide bonds. The van der Waals surface area contributed by atoms with Crippen LogP contribution in [0.3, 0.4) is 0 Å². The van der Waals surface area contributed by atoms with Gasteiger partial charge in [-0.25, -0.2) is 14.2 Å². The molecule has 2 aromatic heterocycles. The molecule has 0 aliphatic carbocycles. The van der Waals surface area contributed by atoms with Crippen molar-refractivity contribution in [1.29, 1.82) is 0 Å². The zero-order valence-electron chi connectivity index (χ0n) is 34.3. The average molecular weight is 835 g/mol. The minimum Gasteiger partial charge on any atom is -0.477 e. The van der Waals surface area contributed by atoms with Crippen molar-refractivity contribution in [3.8, 4) is 22.4 Å². The summed E-state index contributed by atoms with van der Waals surface area (Å²) in [5.74, 6) is -1.69. The largest absolute Gasteiger partial charge is 0.477 e. The first-order chi connectivity index (χ1) is 28.3. The van der Waals surface area contributed by atoms with Crippen molar-refractivity contribution in [2.24, 2.45) is 18.9 Å². The monoisotopic (exact) mass is 834 g/mol. The lowest BCUT2D eigenvalue weighted by Crippen LogP contribution is -3.14. The Kier molecular flexibility index (Phi) is 14.2. The van der Waals surface area contributed by atoms with Gasteiger partial charge in [0.2, 0.25) is 5.91 Å². The van der Waals surface area contributed by atoms with E-state index in [-0.39, 0.29) is 35.1 Å². The molecule has 6 rings (SSSR count). The smallest absolute Gasteiger partial charge is 0.359 e. The Balaban J connectivity index is 1.04. The van der Waals surface area contributed by atoms with Crippen LogP contribution in [0.1, 0.15) is 52.0 Å². The zero-order valence-corrected chi connectivity index (χ0v) is 35.1. The number of benzene rings is 2. The molecule has 4 aromatic rings. The van der Waals surface area contributed by atoms with Gasteiger partial charge in [-0.3, -0.25) is 19.1 Å². The first-order valence-electron chi connectivity index (χ1n) is 20.1. The normalized spacial score (nSPS) is 15.5. The average Bonchev–Trinajstić information content (AvgIpc) is 3.77. The van der Waals surface area contributed by atoms with Crippen molar-refractivity contribution in [1.82, 2.24) is 34.4 Å². The third-order valence-corrected chi connectivity index (χ3v) is 11.9. The second kappa shape index (κ2) is 19.3. The van der Waals surface area contributed by atoms with E-state index in [0.717, 1.165) is 30.2 Å². The number of halogens is 2. The number of aromatic nitrogens is 4. The van der Waals surface area contributed by atoms with Gasteiger partial charge < -0.3 is 39.7 Å². The summed E-state index contributed by atoms with van der Waals surface area (Å²) in [6, 6.07) is 8.40. The number of ether oxygens (including phenoxy) is 1. The number of hydrogen-bond donors (Lipinski definition) is 4. The van der Waals surface area contributed by atoms with E-state index >= 15 is 4.39 Å². The maximum atomic E-state index is 15.8. The van der Waals surface area contributed by atoms with Crippen molar-refractivity contribution in [2.75, 3.05) is 77.9 Å². The van der Waals surface area contributed by atoms with E-state index in [2.05, 4.69) is 20.7 Å². The number of piperazine rings is 1. The van der Waals surface area contributed by atoms with Crippen LogP contribution in [0.5, 0.6) is 0 Å². The fourth-order valence-electron chi connectivity index (χ4n) is 7.93. The van der Waals surface area contributed by atoms with Gasteiger partial charge in [-0.2, -0.15) is 5.10 Å². The van der Waals surface area contributed by atoms with Crippen LogP contribution < -0.4 is 15.5 Å². The van der Waals surface area contributed by atoms with Crippen LogP contribution in [-0.2, 0) is 27.9 Å². The molecule has 0 bridgehead atoms. The number of amides is 3. The van der Waals surface area contributed by atoms with E-state index in [1.54, 1.807) is 71.8 Å². The summed E-state index contributed by atoms with van der Waals surface area (Å²) in [5, 5.41) is 19.7. The lowest BCUT2D eigenvalue weighted by molar-refractivity contribution is -0.897. The van der Waals surface area contributed by atoms with E-state index in [4.69, 9.17) is 16.3 Å². The molecule has 316 valence electrons. The van der Waals surface area contributed by atoms with Crippen LogP contribution in [0.15, 0.2) is 42.7 Å². The molecule has 4 heterocycles. The summed E-state index contributed by atoms with van der Waals surface area (Å²) >= 11 is 6.59. The van der Waals surface area contributed by atoms with E-state index in [1.807, 2.05) is 18.7 Å². The molecule has 0 spiro atoms. The predicted molar refractivity (Wildman–Crippen MR) is 221 cm³/mol. The number of carbonyl (C=O) groups is 4. The Labute approximate surface area is 348 Å². The zero-order chi connectivity index (χ0) is 42.4. The van der Waals surface area contributed by atoms with Crippen molar-refractivity contribution in [3.63, 3.8) is 0 Å². The number of aliphatic carboxylic acids is 1. The quantitative estimate of drug-likeness (QED) is 0.125. The molecule has 2 unspecified atom stereocenters. The summed E-state index contributed by atoms with van der Waals surface area (Å²) < 4.78 is 24.2. The number of carboxylic acid groups (broad SMARTS) is 1. The molecule has 2 saturated heterocycles. The van der Waals surface area contributed by atoms with E-state index in [1.165, 1.54) is 6.20 Å². The second-order valence-corrected chi connectivity index (χ2v) is 15.8. The Hall–Kier alpha value is -5.16. The van der Waals surface area contributed by atoms with Gasteiger partial charge in [0.25, 0.3) is 11.8 Å². The molecule has 2 aliphatic rings. The van der Waals surface area contributed by atoms with E-state index < -0.39 is 17.7 Å². The van der Waals surface area contributed by atoms with Gasteiger partial charge in [-0.05, 0) is 44.0 Å². The fourth-order valence-corrected chi connectivity index (χ4v) is 8.19. The Morgan fingerprint density at radius 3 is 2.41 bits per heavy atom. The molecule has 2 fully saturated rings. The van der Waals surface area contributed by atoms with Crippen molar-refractivity contribution < 1.29 is 38.3 Å². The summed E-state index contributed by atoms with van der Waals surface area (Å²) in [6.07, 6.45) is 4.36. The summed E-state index contributed by atoms with van der Waals surface area (Å²) in [6.45, 7) is 11.5. The van der Waals surface area contributed by atoms with E-state index in [9.17, 15) is 24.3 Å². The molecule has 2 aliphatic heterocycles. The molecule has 2 atom stereocenters. The fraction of sp³-hybridized carbons (Fsp3) is 0.476. The maximum Gasteiger partial charge on any atom is 0.359 e. The van der Waals surface area contributed by atoms with Gasteiger partial charge in [-0.1, -0.05) is 30.7 Å². The molecular weight excluding hydrogens is 781 g/mol. The van der Waals surface area contributed by atoms with Gasteiger partial charge in [0.15, 0.2) is 12.4 Å². The summed E-state index contributed by atoms with van der Waals surface area (Å²) in [5.41, 5.74) is 4.16. The third-order valence-electron chi connectivity index (χ3n) is 11.6. The topological polar surface area (TPSA) is 168 Å². The number of anilines is 1. The van der Waals surface area contributed by atoms with Gasteiger partial charge in [0.05, 0.1) is 49.4 Å². The lowest BCUT2D eigenvalue weighted by atomic mass is 9.98. The van der Waals surface area contributed by atoms with Crippen LogP contribution in [0.25, 0.3) is 22.4 Å². The van der Waals surface area contributed by atoms with Crippen molar-refractivity contribution >= 4 is 41.0 Å². The molecule has 0 saturated carbocycles. The molecule has 17 heteroatoms. The number of imidazole rings is 1. The first kappa shape index (κ1) is 43.4. The number of quaternary nitrogens is 1. The second-order valence-electron chi connectivity index (χ2n) is 15.5. The predicted octanol–water partition coefficient (Wildman–Crippen LogP) is 3.15. The standard InChI is InChI=1S/C42H53ClFN9O6/c1-6-29(11-12-50(25-36(54)55)24-28-20-45-21-28)41(57)51-13-15-52(16-14-51)42(58)31-8-7-30(19-26(31)2)48-40(56)39-46-23-35(49(39)4)33-10-9-32(38(44)37(33)43)34-22-47-53(27(34)3)17-18-59-5/h7-10,19,22-23,28-29,45H,6,11-18,20-21,24-25H2,1-5H3,(H,48,56)(H,54,55)/p+1. The van der Waals surface area contributed by atoms with Gasteiger partial charge in [-0.15, -0.1) is 0 Å². The van der Waals surface area contributed by atoms with Crippen LogP contribution in [-0.4, -0.2) is 131 Å². The first-order valence-corrected chi connectivity index (χ1v) is 20.5. The lowest BCUT2D eigenvalue weighted by Gasteiger charge is -2.37. The summed E-state index contributed by atoms with van der Waals surface area (Å²) in [7, 11) is 3.26. The Morgan fingerprint density at radius 2 is 1.76 bits per heavy atom. The number of rotatable bonds is 17. The maximum absolute atomic E-state index is 15.8. The number of nitrogens with zero attached hydrogens (tertiary/aromatic N) is 6. The van der Waals surface area contributed by atoms with E-state index in [0.29, 0.717) is 104 Å². The third kappa shape index (κ3) is 9.84. The molecule has 2 aromatic carbocycles. The van der Waals surface area contributed by atoms with Crippen molar-refractivity contribution in [2.45, 2.75) is 40.2 Å². The summed E-state index contributed by atoms with van der Waals surface area (Å²) in [4.78, 5) is 60.9. The highest BCUT2D eigenvalue weighted by molar-refractivity contribution is 6.33. The van der Waals surface area contributed by atoms with Crippen LogP contribution in [0.2, 0.25) is 5.02 Å². The minimum absolute atomic E-state index is 0.0421. The van der Waals surface area contributed by atoms with Gasteiger partial charge in [0.1, 0.15) is 5.82 Å². The van der Waals surface area contributed by atoms with Crippen LogP contribution >= 0.6 is 11.6 Å². The molecular formula is C42H54ClFN9O6+. The van der Waals surface area contributed by atoms with Crippen LogP contribution in [0, 0.1) is 31.5 Å². The van der Waals surface area contributed by atoms with Gasteiger partial charge >= 0.3 is 5.97 Å². The number of carboxylic acids is 1. The number of carbonyl (C=O) groups excluding carboxylic acids is 3. The molecule has 15 nitrogen and oxygen atoms in total. The number of hydrogen-bond acceptors (Lipinski definition) is 8. The minimum atomic E-state index is -0.833. The van der Waals surface area contributed by atoms with Gasteiger partial charge in [0, 0.05) is 105 Å². The highest BCUT2D eigenvalue weighted by Crippen LogP contribution is 2.37. The highest BCUT2D eigenvalue weighted by atomic mass is 35.5.